The highest BCUT2D eigenvalue weighted by Gasteiger charge is 2.21. The molecule has 3 heteroatoms. The van der Waals surface area contributed by atoms with Crippen LogP contribution in [0, 0.1) is 6.92 Å². The number of aliphatic hydroxyl groups is 1. The van der Waals surface area contributed by atoms with Crippen LogP contribution < -0.4 is 10.1 Å². The van der Waals surface area contributed by atoms with E-state index in [2.05, 4.69) is 18.3 Å². The summed E-state index contributed by atoms with van der Waals surface area (Å²) in [6.45, 7) is 2.72. The van der Waals surface area contributed by atoms with E-state index in [1.807, 2.05) is 12.1 Å². The van der Waals surface area contributed by atoms with Crippen LogP contribution in [-0.2, 0) is 6.42 Å². The Morgan fingerprint density at radius 1 is 1.47 bits per heavy atom. The van der Waals surface area contributed by atoms with Crippen molar-refractivity contribution in [2.45, 2.75) is 38.3 Å². The van der Waals surface area contributed by atoms with Crippen molar-refractivity contribution in [2.24, 2.45) is 0 Å². The van der Waals surface area contributed by atoms with E-state index in [1.54, 1.807) is 7.11 Å². The van der Waals surface area contributed by atoms with E-state index < -0.39 is 0 Å². The SMILES string of the molecule is COc1ccc(C)cc1CC(O)CNC1CC1. The monoisotopic (exact) mass is 235 g/mol. The summed E-state index contributed by atoms with van der Waals surface area (Å²) in [6.07, 6.45) is 2.80. The summed E-state index contributed by atoms with van der Waals surface area (Å²) in [5.74, 6) is 0.862. The Bertz CT molecular complexity index is 374. The molecule has 1 aliphatic carbocycles. The van der Waals surface area contributed by atoms with Crippen LogP contribution in [0.5, 0.6) is 5.75 Å². The molecule has 2 rings (SSSR count). The van der Waals surface area contributed by atoms with Crippen molar-refractivity contribution in [1.82, 2.24) is 5.32 Å². The van der Waals surface area contributed by atoms with E-state index >= 15 is 0 Å². The molecule has 17 heavy (non-hydrogen) atoms. The molecular formula is C14H21NO2. The predicted molar refractivity (Wildman–Crippen MR) is 68.5 cm³/mol. The predicted octanol–water partition coefficient (Wildman–Crippen LogP) is 1.66. The number of methoxy groups -OCH3 is 1. The molecule has 0 heterocycles. The van der Waals surface area contributed by atoms with Crippen molar-refractivity contribution >= 4 is 0 Å². The molecule has 0 aromatic heterocycles. The number of ether oxygens (including phenoxy) is 1. The minimum absolute atomic E-state index is 0.341. The van der Waals surface area contributed by atoms with Crippen LogP contribution >= 0.6 is 0 Å². The minimum Gasteiger partial charge on any atom is -0.496 e. The molecule has 0 radical (unpaired) electrons. The third kappa shape index (κ3) is 3.72. The van der Waals surface area contributed by atoms with Gasteiger partial charge in [0.15, 0.2) is 0 Å². The van der Waals surface area contributed by atoms with Gasteiger partial charge in [-0.05, 0) is 31.4 Å². The first-order chi connectivity index (χ1) is 8.19. The van der Waals surface area contributed by atoms with Crippen LogP contribution in [0.4, 0.5) is 0 Å². The highest BCUT2D eigenvalue weighted by Crippen LogP contribution is 2.22. The fourth-order valence-corrected chi connectivity index (χ4v) is 1.98. The maximum absolute atomic E-state index is 9.97. The molecule has 0 spiro atoms. The van der Waals surface area contributed by atoms with Crippen molar-refractivity contribution in [3.05, 3.63) is 29.3 Å². The second-order valence-electron chi connectivity index (χ2n) is 4.86. The fourth-order valence-electron chi connectivity index (χ4n) is 1.98. The standard InChI is InChI=1S/C14H21NO2/c1-10-3-6-14(17-2)11(7-10)8-13(16)9-15-12-4-5-12/h3,6-7,12-13,15-16H,4-5,8-9H2,1-2H3. The third-order valence-electron chi connectivity index (χ3n) is 3.11. The Kier molecular flexibility index (Phi) is 4.02. The Balaban J connectivity index is 1.92. The zero-order valence-corrected chi connectivity index (χ0v) is 10.6. The summed E-state index contributed by atoms with van der Waals surface area (Å²) in [4.78, 5) is 0. The van der Waals surface area contributed by atoms with E-state index in [1.165, 1.54) is 18.4 Å². The smallest absolute Gasteiger partial charge is 0.122 e. The second-order valence-corrected chi connectivity index (χ2v) is 4.86. The van der Waals surface area contributed by atoms with Gasteiger partial charge in [-0.2, -0.15) is 0 Å². The van der Waals surface area contributed by atoms with Gasteiger partial charge in [0.2, 0.25) is 0 Å². The van der Waals surface area contributed by atoms with Crippen LogP contribution in [0.3, 0.4) is 0 Å². The first-order valence-electron chi connectivity index (χ1n) is 6.24. The lowest BCUT2D eigenvalue weighted by atomic mass is 10.0. The Morgan fingerprint density at radius 3 is 2.88 bits per heavy atom. The summed E-state index contributed by atoms with van der Waals surface area (Å²) in [5, 5.41) is 13.3. The van der Waals surface area contributed by atoms with Crippen LogP contribution in [0.2, 0.25) is 0 Å². The lowest BCUT2D eigenvalue weighted by Crippen LogP contribution is -2.29. The first kappa shape index (κ1) is 12.4. The van der Waals surface area contributed by atoms with Crippen LogP contribution in [-0.4, -0.2) is 30.9 Å². The maximum Gasteiger partial charge on any atom is 0.122 e. The van der Waals surface area contributed by atoms with Crippen molar-refractivity contribution in [3.8, 4) is 5.75 Å². The lowest BCUT2D eigenvalue weighted by molar-refractivity contribution is 0.170. The summed E-state index contributed by atoms with van der Waals surface area (Å²) in [5.41, 5.74) is 2.28. The molecule has 1 unspecified atom stereocenters. The summed E-state index contributed by atoms with van der Waals surface area (Å²) < 4.78 is 5.31. The molecule has 1 aromatic rings. The number of aryl methyl sites for hydroxylation is 1. The van der Waals surface area contributed by atoms with Crippen LogP contribution in [0.15, 0.2) is 18.2 Å². The van der Waals surface area contributed by atoms with Crippen molar-refractivity contribution in [3.63, 3.8) is 0 Å². The molecule has 2 N–H and O–H groups in total. The molecule has 1 aliphatic rings. The number of hydrogen-bond acceptors (Lipinski definition) is 3. The molecule has 0 aliphatic heterocycles. The van der Waals surface area contributed by atoms with E-state index in [0.717, 1.165) is 11.3 Å². The van der Waals surface area contributed by atoms with Crippen molar-refractivity contribution in [2.75, 3.05) is 13.7 Å². The van der Waals surface area contributed by atoms with Gasteiger partial charge in [0.05, 0.1) is 13.2 Å². The Labute approximate surface area is 103 Å². The molecule has 1 saturated carbocycles. The molecule has 1 fully saturated rings. The van der Waals surface area contributed by atoms with E-state index in [4.69, 9.17) is 4.74 Å². The summed E-state index contributed by atoms with van der Waals surface area (Å²) in [6, 6.07) is 6.71. The van der Waals surface area contributed by atoms with E-state index in [-0.39, 0.29) is 6.10 Å². The van der Waals surface area contributed by atoms with Gasteiger partial charge in [0.1, 0.15) is 5.75 Å². The maximum atomic E-state index is 9.97. The molecule has 3 nitrogen and oxygen atoms in total. The van der Waals surface area contributed by atoms with Gasteiger partial charge in [0.25, 0.3) is 0 Å². The topological polar surface area (TPSA) is 41.5 Å². The number of nitrogens with one attached hydrogen (secondary N) is 1. The number of hydrogen-bond donors (Lipinski definition) is 2. The van der Waals surface area contributed by atoms with Gasteiger partial charge < -0.3 is 15.2 Å². The quantitative estimate of drug-likeness (QED) is 0.788. The summed E-state index contributed by atoms with van der Waals surface area (Å²) >= 11 is 0. The minimum atomic E-state index is -0.341. The van der Waals surface area contributed by atoms with Crippen molar-refractivity contribution in [1.29, 1.82) is 0 Å². The molecular weight excluding hydrogens is 214 g/mol. The zero-order valence-electron chi connectivity index (χ0n) is 10.6. The molecule has 1 aromatic carbocycles. The summed E-state index contributed by atoms with van der Waals surface area (Å²) in [7, 11) is 1.67. The third-order valence-corrected chi connectivity index (χ3v) is 3.11. The molecule has 0 bridgehead atoms. The molecule has 94 valence electrons. The first-order valence-corrected chi connectivity index (χ1v) is 6.24. The van der Waals surface area contributed by atoms with Crippen molar-refractivity contribution < 1.29 is 9.84 Å². The van der Waals surface area contributed by atoms with Gasteiger partial charge in [0, 0.05) is 19.0 Å². The Morgan fingerprint density at radius 2 is 2.24 bits per heavy atom. The highest BCUT2D eigenvalue weighted by atomic mass is 16.5. The van der Waals surface area contributed by atoms with Gasteiger partial charge in [-0.25, -0.2) is 0 Å². The average Bonchev–Trinajstić information content (AvgIpc) is 3.10. The van der Waals surface area contributed by atoms with Gasteiger partial charge >= 0.3 is 0 Å². The normalized spacial score (nSPS) is 16.9. The highest BCUT2D eigenvalue weighted by molar-refractivity contribution is 5.37. The van der Waals surface area contributed by atoms with Gasteiger partial charge in [-0.3, -0.25) is 0 Å². The van der Waals surface area contributed by atoms with Crippen LogP contribution in [0.25, 0.3) is 0 Å². The lowest BCUT2D eigenvalue weighted by Gasteiger charge is -2.14. The molecule has 0 amide bonds. The van der Waals surface area contributed by atoms with Crippen LogP contribution in [0.1, 0.15) is 24.0 Å². The second kappa shape index (κ2) is 5.52. The number of benzene rings is 1. The fraction of sp³-hybridized carbons (Fsp3) is 0.571. The van der Waals surface area contributed by atoms with E-state index in [0.29, 0.717) is 19.0 Å². The van der Waals surface area contributed by atoms with Gasteiger partial charge in [-0.1, -0.05) is 17.7 Å². The van der Waals surface area contributed by atoms with Gasteiger partial charge in [-0.15, -0.1) is 0 Å². The van der Waals surface area contributed by atoms with E-state index in [9.17, 15) is 5.11 Å². The zero-order chi connectivity index (χ0) is 12.3. The average molecular weight is 235 g/mol. The molecule has 1 atom stereocenters. The largest absolute Gasteiger partial charge is 0.496 e. The number of aliphatic hydroxyl groups excluding tert-OH is 1. The Hall–Kier alpha value is -1.06. The number of rotatable bonds is 6. The molecule has 0 saturated heterocycles.